The number of carbonyl (C=O) groups is 4. The summed E-state index contributed by atoms with van der Waals surface area (Å²) < 4.78 is 9.58. The molecule has 4 amide bonds. The Morgan fingerprint density at radius 2 is 1.25 bits per heavy atom. The molecule has 0 saturated carbocycles. The summed E-state index contributed by atoms with van der Waals surface area (Å²) in [6.07, 6.45) is 2.99. The Kier molecular flexibility index (Phi) is 10.7. The highest BCUT2D eigenvalue weighted by Gasteiger charge is 2.38. The summed E-state index contributed by atoms with van der Waals surface area (Å²) in [4.78, 5) is 72.2. The van der Waals surface area contributed by atoms with E-state index in [1.807, 2.05) is 49.6 Å². The van der Waals surface area contributed by atoms with Gasteiger partial charge in [-0.1, -0.05) is 52.0 Å². The average Bonchev–Trinajstić information content (AvgIpc) is 3.96. The third kappa shape index (κ3) is 7.41. The molecule has 2 aliphatic heterocycles. The van der Waals surface area contributed by atoms with Gasteiger partial charge in [-0.25, -0.2) is 19.6 Å². The molecule has 0 aliphatic carbocycles. The number of methoxy groups -OCH3 is 2. The van der Waals surface area contributed by atoms with Crippen molar-refractivity contribution in [2.24, 2.45) is 11.8 Å². The van der Waals surface area contributed by atoms with Crippen LogP contribution in [0.3, 0.4) is 0 Å². The Morgan fingerprint density at radius 3 is 1.89 bits per heavy atom. The van der Waals surface area contributed by atoms with Crippen LogP contribution in [0, 0.1) is 11.8 Å². The molecule has 4 heterocycles. The number of likely N-dealkylation sites (tertiary alicyclic amines) is 2. The lowest BCUT2D eigenvalue weighted by atomic mass is 9.97. The number of benzene rings is 3. The third-order valence-electron chi connectivity index (χ3n) is 11.1. The Morgan fingerprint density at radius 1 is 0.691 bits per heavy atom. The Labute approximate surface area is 319 Å². The minimum absolute atomic E-state index is 0.114. The summed E-state index contributed by atoms with van der Waals surface area (Å²) in [5.41, 5.74) is 5.48. The highest BCUT2D eigenvalue weighted by atomic mass is 16.5. The lowest BCUT2D eigenvalue weighted by Crippen LogP contribution is -2.53. The van der Waals surface area contributed by atoms with Gasteiger partial charge in [0.2, 0.25) is 11.8 Å². The highest BCUT2D eigenvalue weighted by molar-refractivity contribution is 6.05. The van der Waals surface area contributed by atoms with Crippen molar-refractivity contribution < 1.29 is 28.7 Å². The number of piperidine rings is 1. The number of ether oxygens (including phenoxy) is 2. The SMILES string of the molecule is COC(=O)NC(C(=O)N1CCCC[C@H]1c1nc2ccc(-c3ccc4c(ccc5[nH]c([C@@H]6CCCN6C(=O)C(NC(=O)OC)C(C)C)nc54)c3)cc2[nH]1)C(C)C. The van der Waals surface area contributed by atoms with Crippen LogP contribution in [0.2, 0.25) is 0 Å². The molecule has 0 radical (unpaired) electrons. The second-order valence-electron chi connectivity index (χ2n) is 15.3. The molecule has 5 aromatic rings. The number of fused-ring (bicyclic) bond motifs is 4. The van der Waals surface area contributed by atoms with Crippen LogP contribution in [0.4, 0.5) is 9.59 Å². The molecule has 14 nitrogen and oxygen atoms in total. The number of hydrogen-bond acceptors (Lipinski definition) is 8. The maximum Gasteiger partial charge on any atom is 0.407 e. The molecule has 0 bridgehead atoms. The van der Waals surface area contributed by atoms with Gasteiger partial charge in [-0.15, -0.1) is 0 Å². The summed E-state index contributed by atoms with van der Waals surface area (Å²) in [5.74, 6) is 0.958. The number of nitrogens with zero attached hydrogens (tertiary/aromatic N) is 4. The van der Waals surface area contributed by atoms with Gasteiger partial charge >= 0.3 is 12.2 Å². The fourth-order valence-corrected chi connectivity index (χ4v) is 8.08. The number of aromatic nitrogens is 4. The van der Waals surface area contributed by atoms with E-state index >= 15 is 0 Å². The maximum atomic E-state index is 13.8. The van der Waals surface area contributed by atoms with Crippen LogP contribution < -0.4 is 10.6 Å². The minimum Gasteiger partial charge on any atom is -0.453 e. The van der Waals surface area contributed by atoms with Crippen molar-refractivity contribution >= 4 is 56.8 Å². The first-order chi connectivity index (χ1) is 26.5. The summed E-state index contributed by atoms with van der Waals surface area (Å²) >= 11 is 0. The number of hydrogen-bond donors (Lipinski definition) is 4. The van der Waals surface area contributed by atoms with Gasteiger partial charge in [0, 0.05) is 18.5 Å². The van der Waals surface area contributed by atoms with Crippen LogP contribution in [0.15, 0.2) is 48.5 Å². The van der Waals surface area contributed by atoms with Gasteiger partial charge in [0.05, 0.1) is 48.4 Å². The number of imidazole rings is 2. The van der Waals surface area contributed by atoms with Gasteiger partial charge < -0.3 is 39.9 Å². The molecule has 2 aliphatic rings. The van der Waals surface area contributed by atoms with E-state index in [2.05, 4.69) is 57.0 Å². The van der Waals surface area contributed by atoms with Crippen LogP contribution in [0.5, 0.6) is 0 Å². The van der Waals surface area contributed by atoms with Crippen molar-refractivity contribution in [3.63, 3.8) is 0 Å². The first-order valence-corrected chi connectivity index (χ1v) is 19.2. The molecule has 2 unspecified atom stereocenters. The quantitative estimate of drug-likeness (QED) is 0.128. The van der Waals surface area contributed by atoms with Crippen molar-refractivity contribution in [1.82, 2.24) is 40.4 Å². The van der Waals surface area contributed by atoms with Crippen LogP contribution in [0.25, 0.3) is 44.0 Å². The first-order valence-electron chi connectivity index (χ1n) is 19.2. The highest BCUT2D eigenvalue weighted by Crippen LogP contribution is 2.36. The van der Waals surface area contributed by atoms with E-state index in [1.54, 1.807) is 0 Å². The lowest BCUT2D eigenvalue weighted by Gasteiger charge is -2.37. The molecule has 2 saturated heterocycles. The summed E-state index contributed by atoms with van der Waals surface area (Å²) in [6.45, 7) is 8.80. The van der Waals surface area contributed by atoms with Gasteiger partial charge in [-0.3, -0.25) is 9.59 Å². The van der Waals surface area contributed by atoms with Gasteiger partial charge in [-0.05, 0) is 84.7 Å². The molecule has 4 atom stereocenters. The van der Waals surface area contributed by atoms with Gasteiger partial charge in [0.25, 0.3) is 0 Å². The van der Waals surface area contributed by atoms with Gasteiger partial charge in [0.15, 0.2) is 0 Å². The van der Waals surface area contributed by atoms with Crippen LogP contribution in [0.1, 0.15) is 83.5 Å². The van der Waals surface area contributed by atoms with Crippen molar-refractivity contribution in [1.29, 1.82) is 0 Å². The second kappa shape index (κ2) is 15.6. The molecule has 3 aromatic carbocycles. The second-order valence-corrected chi connectivity index (χ2v) is 15.3. The third-order valence-corrected chi connectivity index (χ3v) is 11.1. The largest absolute Gasteiger partial charge is 0.453 e. The predicted molar refractivity (Wildman–Crippen MR) is 209 cm³/mol. The Balaban J connectivity index is 1.13. The summed E-state index contributed by atoms with van der Waals surface area (Å²) in [7, 11) is 2.59. The standard InChI is InChI=1S/C41H50N8O6/c1-22(2)33(46-40(52)54-5)38(50)48-18-8-7-10-31(48)36-42-28-16-13-25(21-30(28)44-36)24-12-15-27-26(20-24)14-17-29-35(27)45-37(43-29)32-11-9-19-49(32)39(51)34(23(3)4)47-41(53)55-6/h12-17,20-23,31-34H,7-11,18-19H2,1-6H3,(H,42,44)(H,43,45)(H,46,52)(H,47,53)/t31-,32-,33?,34?/m0/s1. The monoisotopic (exact) mass is 750 g/mol. The molecule has 2 fully saturated rings. The van der Waals surface area contributed by atoms with E-state index in [9.17, 15) is 19.2 Å². The number of alkyl carbamates (subject to hydrolysis) is 2. The molecule has 14 heteroatoms. The zero-order valence-electron chi connectivity index (χ0n) is 32.3. The van der Waals surface area contributed by atoms with Gasteiger partial charge in [0.1, 0.15) is 23.7 Å². The molecule has 4 N–H and O–H groups in total. The van der Waals surface area contributed by atoms with Crippen molar-refractivity contribution in [3.8, 4) is 11.1 Å². The van der Waals surface area contributed by atoms with Crippen molar-refractivity contribution in [3.05, 3.63) is 60.2 Å². The van der Waals surface area contributed by atoms with E-state index in [0.29, 0.717) is 13.1 Å². The average molecular weight is 751 g/mol. The summed E-state index contributed by atoms with van der Waals surface area (Å²) in [5, 5.41) is 7.47. The molecule has 290 valence electrons. The topological polar surface area (TPSA) is 175 Å². The fraction of sp³-hybridized carbons (Fsp3) is 0.463. The smallest absolute Gasteiger partial charge is 0.407 e. The van der Waals surface area contributed by atoms with E-state index in [0.717, 1.165) is 87.7 Å². The first kappa shape index (κ1) is 37.6. The normalized spacial score (nSPS) is 18.6. The van der Waals surface area contributed by atoms with Crippen molar-refractivity contribution in [2.75, 3.05) is 27.3 Å². The van der Waals surface area contributed by atoms with Crippen LogP contribution in [-0.4, -0.2) is 93.1 Å². The molecular formula is C41H50N8O6. The fourth-order valence-electron chi connectivity index (χ4n) is 8.08. The molecule has 55 heavy (non-hydrogen) atoms. The molecule has 0 spiro atoms. The lowest BCUT2D eigenvalue weighted by molar-refractivity contribution is -0.138. The van der Waals surface area contributed by atoms with Crippen molar-refractivity contribution in [2.45, 2.75) is 84.0 Å². The minimum atomic E-state index is -0.702. The number of H-pyrrole nitrogens is 2. The van der Waals surface area contributed by atoms with Crippen LogP contribution in [-0.2, 0) is 19.1 Å². The number of amides is 4. The molecule has 7 rings (SSSR count). The van der Waals surface area contributed by atoms with E-state index in [4.69, 9.17) is 19.4 Å². The summed E-state index contributed by atoms with van der Waals surface area (Å²) in [6, 6.07) is 14.7. The molecular weight excluding hydrogens is 701 g/mol. The number of nitrogens with one attached hydrogen (secondary N) is 4. The van der Waals surface area contributed by atoms with E-state index in [-0.39, 0.29) is 35.7 Å². The predicted octanol–water partition coefficient (Wildman–Crippen LogP) is 6.74. The number of aromatic amines is 2. The number of rotatable bonds is 9. The Hall–Kier alpha value is -5.66. The zero-order chi connectivity index (χ0) is 39.0. The van der Waals surface area contributed by atoms with Crippen LogP contribution >= 0.6 is 0 Å². The number of carbonyl (C=O) groups excluding carboxylic acids is 4. The Bertz CT molecular complexity index is 2240. The van der Waals surface area contributed by atoms with E-state index < -0.39 is 24.3 Å². The molecule has 2 aromatic heterocycles. The van der Waals surface area contributed by atoms with E-state index in [1.165, 1.54) is 14.2 Å². The maximum absolute atomic E-state index is 13.8. The van der Waals surface area contributed by atoms with Gasteiger partial charge in [-0.2, -0.15) is 0 Å². The zero-order valence-corrected chi connectivity index (χ0v) is 32.3.